The first-order chi connectivity index (χ1) is 10.1. The lowest BCUT2D eigenvalue weighted by Crippen LogP contribution is -2.47. The largest absolute Gasteiger partial charge is 0.360 e. The van der Waals surface area contributed by atoms with Gasteiger partial charge < -0.3 is 15.6 Å². The van der Waals surface area contributed by atoms with E-state index in [0.717, 1.165) is 13.0 Å². The van der Waals surface area contributed by atoms with Crippen molar-refractivity contribution in [3.05, 3.63) is 11.8 Å². The molecule has 1 aromatic rings. The molecule has 2 unspecified atom stereocenters. The number of hydrogen-bond acceptors (Lipinski definition) is 5. The second kappa shape index (κ2) is 7.56. The van der Waals surface area contributed by atoms with Crippen molar-refractivity contribution in [1.82, 2.24) is 10.1 Å². The van der Waals surface area contributed by atoms with E-state index in [1.165, 1.54) is 19.3 Å². The van der Waals surface area contributed by atoms with Crippen molar-refractivity contribution in [3.8, 4) is 0 Å². The Bertz CT molecular complexity index is 460. The molecule has 118 valence electrons. The Morgan fingerprint density at radius 1 is 1.52 bits per heavy atom. The smallest absolute Gasteiger partial charge is 0.239 e. The molecule has 0 aromatic carbocycles. The highest BCUT2D eigenvalue weighted by atomic mass is 16.5. The maximum Gasteiger partial charge on any atom is 0.239 e. The monoisotopic (exact) mass is 294 g/mol. The van der Waals surface area contributed by atoms with Crippen molar-refractivity contribution in [1.29, 1.82) is 0 Å². The van der Waals surface area contributed by atoms with E-state index >= 15 is 0 Å². The van der Waals surface area contributed by atoms with Crippen molar-refractivity contribution in [2.24, 2.45) is 11.7 Å². The third kappa shape index (κ3) is 4.28. The Morgan fingerprint density at radius 3 is 2.90 bits per heavy atom. The van der Waals surface area contributed by atoms with E-state index in [1.54, 1.807) is 13.0 Å². The Labute approximate surface area is 126 Å². The fourth-order valence-electron chi connectivity index (χ4n) is 3.20. The molecule has 21 heavy (non-hydrogen) atoms. The SMILES string of the molecule is CCN(CC(=O)Nc1cc(C)on1)C1CCCCC1CN. The molecular formula is C15H26N4O2. The Morgan fingerprint density at radius 2 is 2.29 bits per heavy atom. The van der Waals surface area contributed by atoms with E-state index in [-0.39, 0.29) is 5.91 Å². The summed E-state index contributed by atoms with van der Waals surface area (Å²) < 4.78 is 4.95. The van der Waals surface area contributed by atoms with Crippen LogP contribution in [0.4, 0.5) is 5.82 Å². The zero-order chi connectivity index (χ0) is 15.2. The average Bonchev–Trinajstić information content (AvgIpc) is 2.89. The topological polar surface area (TPSA) is 84.4 Å². The third-order valence-corrected chi connectivity index (χ3v) is 4.29. The summed E-state index contributed by atoms with van der Waals surface area (Å²) >= 11 is 0. The number of anilines is 1. The van der Waals surface area contributed by atoms with Crippen LogP contribution in [0.3, 0.4) is 0 Å². The van der Waals surface area contributed by atoms with E-state index in [2.05, 4.69) is 22.3 Å². The summed E-state index contributed by atoms with van der Waals surface area (Å²) in [7, 11) is 0. The summed E-state index contributed by atoms with van der Waals surface area (Å²) in [5.74, 6) is 1.62. The van der Waals surface area contributed by atoms with Crippen LogP contribution < -0.4 is 11.1 Å². The van der Waals surface area contributed by atoms with Gasteiger partial charge in [-0.2, -0.15) is 0 Å². The molecule has 1 aromatic heterocycles. The predicted molar refractivity (Wildman–Crippen MR) is 81.9 cm³/mol. The van der Waals surface area contributed by atoms with Crippen LogP contribution in [0.5, 0.6) is 0 Å². The normalized spacial score (nSPS) is 22.5. The summed E-state index contributed by atoms with van der Waals surface area (Å²) in [6.07, 6.45) is 4.77. The van der Waals surface area contributed by atoms with E-state index in [0.29, 0.717) is 36.6 Å². The number of nitrogens with two attached hydrogens (primary N) is 1. The molecule has 0 radical (unpaired) electrons. The number of carbonyl (C=O) groups excluding carboxylic acids is 1. The minimum Gasteiger partial charge on any atom is -0.360 e. The Kier molecular flexibility index (Phi) is 5.76. The maximum absolute atomic E-state index is 12.2. The molecule has 1 saturated carbocycles. The van der Waals surface area contributed by atoms with Gasteiger partial charge in [-0.05, 0) is 38.8 Å². The summed E-state index contributed by atoms with van der Waals surface area (Å²) in [5, 5.41) is 6.57. The zero-order valence-electron chi connectivity index (χ0n) is 13.0. The lowest BCUT2D eigenvalue weighted by Gasteiger charge is -2.38. The number of hydrogen-bond donors (Lipinski definition) is 2. The maximum atomic E-state index is 12.2. The van der Waals surface area contributed by atoms with Gasteiger partial charge in [0.15, 0.2) is 5.82 Å². The minimum atomic E-state index is -0.0495. The number of aromatic nitrogens is 1. The number of rotatable bonds is 6. The quantitative estimate of drug-likeness (QED) is 0.835. The van der Waals surface area contributed by atoms with Crippen LogP contribution in [0.15, 0.2) is 10.6 Å². The van der Waals surface area contributed by atoms with Crippen molar-refractivity contribution in [3.63, 3.8) is 0 Å². The number of likely N-dealkylation sites (N-methyl/N-ethyl adjacent to an activating group) is 1. The van der Waals surface area contributed by atoms with E-state index in [1.807, 2.05) is 0 Å². The number of aryl methyl sites for hydroxylation is 1. The third-order valence-electron chi connectivity index (χ3n) is 4.29. The van der Waals surface area contributed by atoms with Gasteiger partial charge in [-0.15, -0.1) is 0 Å². The van der Waals surface area contributed by atoms with Gasteiger partial charge >= 0.3 is 0 Å². The lowest BCUT2D eigenvalue weighted by molar-refractivity contribution is -0.118. The first-order valence-corrected chi connectivity index (χ1v) is 7.81. The van der Waals surface area contributed by atoms with Gasteiger partial charge in [-0.25, -0.2) is 0 Å². The van der Waals surface area contributed by atoms with Crippen molar-refractivity contribution >= 4 is 11.7 Å². The molecule has 1 aliphatic carbocycles. The summed E-state index contributed by atoms with van der Waals surface area (Å²) in [5.41, 5.74) is 5.89. The number of nitrogens with one attached hydrogen (secondary N) is 1. The van der Waals surface area contributed by atoms with Crippen LogP contribution in [0.2, 0.25) is 0 Å². The first kappa shape index (κ1) is 16.0. The standard InChI is InChI=1S/C15H26N4O2/c1-3-19(13-7-5-4-6-12(13)9-16)10-15(20)17-14-8-11(2)21-18-14/h8,12-13H,3-7,9-10,16H2,1-2H3,(H,17,18,20). The fraction of sp³-hybridized carbons (Fsp3) is 0.733. The zero-order valence-corrected chi connectivity index (χ0v) is 13.0. The molecule has 1 fully saturated rings. The van der Waals surface area contributed by atoms with E-state index in [4.69, 9.17) is 10.3 Å². The molecule has 1 heterocycles. The average molecular weight is 294 g/mol. The van der Waals surface area contributed by atoms with Gasteiger partial charge in [0.05, 0.1) is 6.54 Å². The summed E-state index contributed by atoms with van der Waals surface area (Å²) in [4.78, 5) is 14.4. The molecular weight excluding hydrogens is 268 g/mol. The number of carbonyl (C=O) groups is 1. The van der Waals surface area contributed by atoms with Crippen LogP contribution in [0, 0.1) is 12.8 Å². The van der Waals surface area contributed by atoms with Crippen molar-refractivity contribution in [2.75, 3.05) is 25.0 Å². The molecule has 3 N–H and O–H groups in total. The molecule has 2 atom stereocenters. The Balaban J connectivity index is 1.92. The highest BCUT2D eigenvalue weighted by molar-refractivity contribution is 5.91. The van der Waals surface area contributed by atoms with Gasteiger partial charge in [0.1, 0.15) is 5.76 Å². The molecule has 0 bridgehead atoms. The molecule has 2 rings (SSSR count). The number of nitrogens with zero attached hydrogens (tertiary/aromatic N) is 2. The summed E-state index contributed by atoms with van der Waals surface area (Å²) in [6.45, 7) is 5.83. The Hall–Kier alpha value is -1.40. The highest BCUT2D eigenvalue weighted by Crippen LogP contribution is 2.27. The molecule has 0 aliphatic heterocycles. The molecule has 6 nitrogen and oxygen atoms in total. The second-order valence-corrected chi connectivity index (χ2v) is 5.78. The molecule has 6 heteroatoms. The van der Waals surface area contributed by atoms with Crippen LogP contribution in [-0.4, -0.2) is 41.6 Å². The van der Waals surface area contributed by atoms with Gasteiger partial charge in [0.2, 0.25) is 5.91 Å². The van der Waals surface area contributed by atoms with Gasteiger partial charge in [-0.1, -0.05) is 24.9 Å². The van der Waals surface area contributed by atoms with Crippen LogP contribution >= 0.6 is 0 Å². The highest BCUT2D eigenvalue weighted by Gasteiger charge is 2.29. The number of amides is 1. The minimum absolute atomic E-state index is 0.0495. The van der Waals surface area contributed by atoms with Gasteiger partial charge in [-0.3, -0.25) is 9.69 Å². The van der Waals surface area contributed by atoms with Gasteiger partial charge in [0.25, 0.3) is 0 Å². The van der Waals surface area contributed by atoms with Crippen molar-refractivity contribution in [2.45, 2.75) is 45.6 Å². The molecule has 0 saturated heterocycles. The van der Waals surface area contributed by atoms with E-state index < -0.39 is 0 Å². The molecule has 1 amide bonds. The first-order valence-electron chi connectivity index (χ1n) is 7.81. The molecule has 0 spiro atoms. The fourth-order valence-corrected chi connectivity index (χ4v) is 3.20. The van der Waals surface area contributed by atoms with Gasteiger partial charge in [0, 0.05) is 12.1 Å². The van der Waals surface area contributed by atoms with Crippen LogP contribution in [-0.2, 0) is 4.79 Å². The predicted octanol–water partition coefficient (Wildman–Crippen LogP) is 1.76. The second-order valence-electron chi connectivity index (χ2n) is 5.78. The van der Waals surface area contributed by atoms with E-state index in [9.17, 15) is 4.79 Å². The van der Waals surface area contributed by atoms with Crippen LogP contribution in [0.1, 0.15) is 38.4 Å². The molecule has 1 aliphatic rings. The van der Waals surface area contributed by atoms with Crippen molar-refractivity contribution < 1.29 is 9.32 Å². The van der Waals surface area contributed by atoms with Crippen LogP contribution in [0.25, 0.3) is 0 Å². The summed E-state index contributed by atoms with van der Waals surface area (Å²) in [6, 6.07) is 2.14. The lowest BCUT2D eigenvalue weighted by atomic mass is 9.83.